The van der Waals surface area contributed by atoms with E-state index in [1.165, 1.54) is 5.56 Å². The second-order valence-electron chi connectivity index (χ2n) is 3.90. The Morgan fingerprint density at radius 1 is 1.41 bits per heavy atom. The minimum Gasteiger partial charge on any atom is -0.331 e. The zero-order valence-electron chi connectivity index (χ0n) is 10.3. The van der Waals surface area contributed by atoms with Gasteiger partial charge in [0.1, 0.15) is 0 Å². The molecule has 0 fully saturated rings. The van der Waals surface area contributed by atoms with Gasteiger partial charge in [-0.25, -0.2) is 4.79 Å². The van der Waals surface area contributed by atoms with E-state index in [9.17, 15) is 4.79 Å². The molecule has 2 amide bonds. The van der Waals surface area contributed by atoms with Gasteiger partial charge in [-0.1, -0.05) is 42.7 Å². The lowest BCUT2D eigenvalue weighted by molar-refractivity contribution is 0.238. The Morgan fingerprint density at radius 2 is 2.06 bits per heavy atom. The van der Waals surface area contributed by atoms with E-state index in [-0.39, 0.29) is 18.6 Å². The molecule has 0 saturated carbocycles. The quantitative estimate of drug-likeness (QED) is 0.766. The van der Waals surface area contributed by atoms with E-state index in [0.717, 1.165) is 12.0 Å². The van der Waals surface area contributed by atoms with E-state index < -0.39 is 0 Å². The van der Waals surface area contributed by atoms with Gasteiger partial charge in [-0.2, -0.15) is 0 Å². The summed E-state index contributed by atoms with van der Waals surface area (Å²) in [5.41, 5.74) is 2.31. The van der Waals surface area contributed by atoms with Crippen molar-refractivity contribution >= 4 is 6.03 Å². The maximum absolute atomic E-state index is 11.5. The highest BCUT2D eigenvalue weighted by Gasteiger charge is 2.11. The van der Waals surface area contributed by atoms with Crippen LogP contribution in [0.1, 0.15) is 30.5 Å². The zero-order chi connectivity index (χ0) is 12.7. The van der Waals surface area contributed by atoms with E-state index in [0.29, 0.717) is 0 Å². The van der Waals surface area contributed by atoms with Gasteiger partial charge < -0.3 is 10.6 Å². The van der Waals surface area contributed by atoms with Gasteiger partial charge in [-0.3, -0.25) is 0 Å². The molecule has 0 aliphatic heterocycles. The van der Waals surface area contributed by atoms with Crippen LogP contribution in [0.25, 0.3) is 0 Å². The van der Waals surface area contributed by atoms with Gasteiger partial charge >= 0.3 is 6.03 Å². The minimum absolute atomic E-state index is 0.0216. The lowest BCUT2D eigenvalue weighted by Gasteiger charge is -2.17. The van der Waals surface area contributed by atoms with Crippen LogP contribution in [0.2, 0.25) is 0 Å². The van der Waals surface area contributed by atoms with Gasteiger partial charge in [0, 0.05) is 0 Å². The summed E-state index contributed by atoms with van der Waals surface area (Å²) >= 11 is 0. The molecule has 0 aliphatic carbocycles. The molecule has 0 heterocycles. The molecule has 1 atom stereocenters. The predicted octanol–water partition coefficient (Wildman–Crippen LogP) is 2.38. The van der Waals surface area contributed by atoms with Crippen molar-refractivity contribution in [3.05, 3.63) is 35.4 Å². The summed E-state index contributed by atoms with van der Waals surface area (Å²) in [5, 5.41) is 5.48. The molecule has 0 aromatic heterocycles. The van der Waals surface area contributed by atoms with Crippen molar-refractivity contribution in [3.63, 3.8) is 0 Å². The summed E-state index contributed by atoms with van der Waals surface area (Å²) in [6.07, 6.45) is 5.92. The third kappa shape index (κ3) is 4.20. The van der Waals surface area contributed by atoms with Crippen LogP contribution in [0.4, 0.5) is 4.79 Å². The summed E-state index contributed by atoms with van der Waals surface area (Å²) in [6.45, 7) is 4.32. The number of carbonyl (C=O) groups is 1. The van der Waals surface area contributed by atoms with Crippen molar-refractivity contribution in [1.82, 2.24) is 10.6 Å². The average Bonchev–Trinajstić information content (AvgIpc) is 2.34. The van der Waals surface area contributed by atoms with Crippen molar-refractivity contribution in [3.8, 4) is 12.3 Å². The molecular weight excluding hydrogens is 212 g/mol. The number of terminal acetylenes is 1. The third-order valence-corrected chi connectivity index (χ3v) is 2.54. The molecule has 0 aliphatic rings. The molecular formula is C14H18N2O. The number of hydrogen-bond acceptors (Lipinski definition) is 1. The second kappa shape index (κ2) is 6.59. The molecule has 3 heteroatoms. The first-order valence-electron chi connectivity index (χ1n) is 5.71. The first-order chi connectivity index (χ1) is 8.17. The van der Waals surface area contributed by atoms with Crippen molar-refractivity contribution < 1.29 is 4.79 Å². The Balaban J connectivity index is 2.63. The second-order valence-corrected chi connectivity index (χ2v) is 3.90. The smallest absolute Gasteiger partial charge is 0.316 e. The highest BCUT2D eigenvalue weighted by Crippen LogP contribution is 2.16. The fourth-order valence-corrected chi connectivity index (χ4v) is 1.56. The van der Waals surface area contributed by atoms with E-state index in [1.54, 1.807) is 0 Å². The number of benzene rings is 1. The molecule has 0 saturated heterocycles. The number of amides is 2. The predicted molar refractivity (Wildman–Crippen MR) is 69.6 cm³/mol. The van der Waals surface area contributed by atoms with Crippen LogP contribution < -0.4 is 10.6 Å². The van der Waals surface area contributed by atoms with Crippen molar-refractivity contribution in [2.24, 2.45) is 0 Å². The Labute approximate surface area is 103 Å². The van der Waals surface area contributed by atoms with E-state index >= 15 is 0 Å². The van der Waals surface area contributed by atoms with Gasteiger partial charge in [0.2, 0.25) is 0 Å². The van der Waals surface area contributed by atoms with Gasteiger partial charge in [0.15, 0.2) is 0 Å². The number of urea groups is 1. The molecule has 1 rings (SSSR count). The lowest BCUT2D eigenvalue weighted by atomic mass is 10.0. The summed E-state index contributed by atoms with van der Waals surface area (Å²) < 4.78 is 0. The Morgan fingerprint density at radius 3 is 2.59 bits per heavy atom. The first kappa shape index (κ1) is 13.1. The molecule has 1 aromatic rings. The SMILES string of the molecule is C#CCNC(=O)N[C@@H](CC)c1ccc(C)cc1. The standard InChI is InChI=1S/C14H18N2O/c1-4-10-15-14(17)16-13(5-2)12-8-6-11(3)7-9-12/h1,6-9,13H,5,10H2,2-3H3,(H2,15,16,17)/t13-/m0/s1. The van der Waals surface area contributed by atoms with Gasteiger partial charge in [-0.15, -0.1) is 6.42 Å². The number of rotatable bonds is 4. The highest BCUT2D eigenvalue weighted by atomic mass is 16.2. The maximum Gasteiger partial charge on any atom is 0.316 e. The van der Waals surface area contributed by atoms with Gasteiger partial charge in [0.05, 0.1) is 12.6 Å². The van der Waals surface area contributed by atoms with Crippen molar-refractivity contribution in [1.29, 1.82) is 0 Å². The third-order valence-electron chi connectivity index (χ3n) is 2.54. The number of carbonyl (C=O) groups excluding carboxylic acids is 1. The van der Waals surface area contributed by atoms with Crippen molar-refractivity contribution in [2.45, 2.75) is 26.3 Å². The van der Waals surface area contributed by atoms with Crippen LogP contribution in [-0.4, -0.2) is 12.6 Å². The fourth-order valence-electron chi connectivity index (χ4n) is 1.56. The number of aryl methyl sites for hydroxylation is 1. The Bertz CT molecular complexity index is 403. The molecule has 0 unspecified atom stereocenters. The average molecular weight is 230 g/mol. The molecule has 90 valence electrons. The molecule has 0 bridgehead atoms. The van der Waals surface area contributed by atoms with Gasteiger partial charge in [-0.05, 0) is 18.9 Å². The minimum atomic E-state index is -0.227. The van der Waals surface area contributed by atoms with Crippen LogP contribution in [0.15, 0.2) is 24.3 Å². The topological polar surface area (TPSA) is 41.1 Å². The summed E-state index contributed by atoms with van der Waals surface area (Å²) in [6, 6.07) is 7.94. The van der Waals surface area contributed by atoms with Crippen LogP contribution in [0, 0.1) is 19.3 Å². The summed E-state index contributed by atoms with van der Waals surface area (Å²) in [7, 11) is 0. The summed E-state index contributed by atoms with van der Waals surface area (Å²) in [5.74, 6) is 2.37. The largest absolute Gasteiger partial charge is 0.331 e. The van der Waals surface area contributed by atoms with Crippen LogP contribution in [0.3, 0.4) is 0 Å². The van der Waals surface area contributed by atoms with Gasteiger partial charge in [0.25, 0.3) is 0 Å². The zero-order valence-corrected chi connectivity index (χ0v) is 10.3. The van der Waals surface area contributed by atoms with Crippen LogP contribution in [-0.2, 0) is 0 Å². The van der Waals surface area contributed by atoms with E-state index in [4.69, 9.17) is 6.42 Å². The normalized spacial score (nSPS) is 11.4. The number of hydrogen-bond donors (Lipinski definition) is 2. The Hall–Kier alpha value is -1.95. The van der Waals surface area contributed by atoms with E-state index in [1.807, 2.05) is 38.1 Å². The molecule has 17 heavy (non-hydrogen) atoms. The molecule has 2 N–H and O–H groups in total. The Kier molecular flexibility index (Phi) is 5.09. The summed E-state index contributed by atoms with van der Waals surface area (Å²) in [4.78, 5) is 11.5. The molecule has 0 radical (unpaired) electrons. The monoisotopic (exact) mass is 230 g/mol. The molecule has 3 nitrogen and oxygen atoms in total. The fraction of sp³-hybridized carbons (Fsp3) is 0.357. The lowest BCUT2D eigenvalue weighted by Crippen LogP contribution is -2.37. The molecule has 1 aromatic carbocycles. The van der Waals surface area contributed by atoms with Crippen LogP contribution in [0.5, 0.6) is 0 Å². The van der Waals surface area contributed by atoms with Crippen LogP contribution >= 0.6 is 0 Å². The molecule has 0 spiro atoms. The maximum atomic E-state index is 11.5. The first-order valence-corrected chi connectivity index (χ1v) is 5.71. The van der Waals surface area contributed by atoms with Crippen molar-refractivity contribution in [2.75, 3.05) is 6.54 Å². The highest BCUT2D eigenvalue weighted by molar-refractivity contribution is 5.74. The number of nitrogens with one attached hydrogen (secondary N) is 2. The van der Waals surface area contributed by atoms with E-state index in [2.05, 4.69) is 16.6 Å².